The summed E-state index contributed by atoms with van der Waals surface area (Å²) in [5.41, 5.74) is 7.21. The van der Waals surface area contributed by atoms with Gasteiger partial charge in [-0.25, -0.2) is 15.0 Å². The zero-order chi connectivity index (χ0) is 31.5. The maximum absolute atomic E-state index is 12.9. The normalized spacial score (nSPS) is 12.4. The highest BCUT2D eigenvalue weighted by atomic mass is 32.1. The Hall–Kier alpha value is -4.34. The summed E-state index contributed by atoms with van der Waals surface area (Å²) in [6.07, 6.45) is 15.1. The fourth-order valence-electron chi connectivity index (χ4n) is 3.85. The average molecular weight is 614 g/mol. The fraction of sp³-hybridized carbons (Fsp3) is 0.429. The van der Waals surface area contributed by atoms with Crippen LogP contribution >= 0.6 is 11.3 Å². The number of aromatic amines is 1. The van der Waals surface area contributed by atoms with Gasteiger partial charge in [-0.15, -0.1) is 11.3 Å². The summed E-state index contributed by atoms with van der Waals surface area (Å²) >= 11 is 1.40. The van der Waals surface area contributed by atoms with Gasteiger partial charge in [-0.3, -0.25) is 19.4 Å². The number of aliphatic hydroxyl groups excluding tert-OH is 1. The lowest BCUT2D eigenvalue weighted by molar-refractivity contribution is -0.137. The van der Waals surface area contributed by atoms with E-state index in [1.165, 1.54) is 30.6 Å². The second kappa shape index (κ2) is 19.7. The molecule has 0 aromatic carbocycles. The minimum Gasteiger partial charge on any atom is -0.481 e. The van der Waals surface area contributed by atoms with Gasteiger partial charge in [0.25, 0.3) is 5.91 Å². The molecule has 6 N–H and O–H groups in total. The second-order valence-corrected chi connectivity index (χ2v) is 9.90. The Morgan fingerprint density at radius 2 is 1.88 bits per heavy atom. The van der Waals surface area contributed by atoms with Crippen molar-refractivity contribution in [3.05, 3.63) is 48.1 Å². The van der Waals surface area contributed by atoms with E-state index in [4.69, 9.17) is 21.0 Å². The molecule has 15 heteroatoms. The highest BCUT2D eigenvalue weighted by molar-refractivity contribution is 7.13. The number of rotatable bonds is 8. The SMILES string of the molecule is CCN.CCO.O=C(Nc1cn(C2CCCCC2)nc1-c1ncccn1)c1csc(-c2cn[nH]c2)n1.O=CCCC(=O)O. The zero-order valence-electron chi connectivity index (χ0n) is 24.3. The summed E-state index contributed by atoms with van der Waals surface area (Å²) in [5.74, 6) is -0.729. The van der Waals surface area contributed by atoms with Crippen molar-refractivity contribution in [2.24, 2.45) is 5.73 Å². The number of carbonyl (C=O) groups is 3. The summed E-state index contributed by atoms with van der Waals surface area (Å²) < 4.78 is 1.96. The first-order valence-corrected chi connectivity index (χ1v) is 14.8. The van der Waals surface area contributed by atoms with Crippen LogP contribution in [0.5, 0.6) is 0 Å². The van der Waals surface area contributed by atoms with Crippen molar-refractivity contribution in [1.29, 1.82) is 0 Å². The number of aliphatic hydroxyl groups is 1. The maximum atomic E-state index is 12.9. The third-order valence-corrected chi connectivity index (χ3v) is 6.56. The molecule has 5 rings (SSSR count). The Labute approximate surface area is 253 Å². The van der Waals surface area contributed by atoms with E-state index < -0.39 is 5.97 Å². The van der Waals surface area contributed by atoms with Gasteiger partial charge in [0.1, 0.15) is 17.0 Å². The second-order valence-electron chi connectivity index (χ2n) is 9.04. The van der Waals surface area contributed by atoms with Crippen LogP contribution in [-0.2, 0) is 9.59 Å². The maximum Gasteiger partial charge on any atom is 0.303 e. The van der Waals surface area contributed by atoms with Gasteiger partial charge < -0.3 is 26.1 Å². The molecule has 1 fully saturated rings. The molecule has 0 atom stereocenters. The van der Waals surface area contributed by atoms with Crippen LogP contribution in [0.3, 0.4) is 0 Å². The number of aldehydes is 1. The molecule has 4 aromatic heterocycles. The molecule has 1 aliphatic carbocycles. The summed E-state index contributed by atoms with van der Waals surface area (Å²) in [5, 5.41) is 32.3. The molecule has 1 amide bonds. The number of nitrogens with two attached hydrogens (primary N) is 1. The van der Waals surface area contributed by atoms with Gasteiger partial charge in [0.05, 0.1) is 24.3 Å². The molecule has 1 aliphatic rings. The van der Waals surface area contributed by atoms with Crippen molar-refractivity contribution >= 4 is 35.2 Å². The van der Waals surface area contributed by atoms with E-state index in [0.717, 1.165) is 30.0 Å². The Kier molecular flexibility index (Phi) is 16.0. The monoisotopic (exact) mass is 613 g/mol. The smallest absolute Gasteiger partial charge is 0.303 e. The first-order chi connectivity index (χ1) is 20.9. The van der Waals surface area contributed by atoms with Crippen molar-refractivity contribution in [2.45, 2.75) is 64.8 Å². The number of aliphatic carboxylic acids is 1. The Bertz CT molecular complexity index is 1350. The molecule has 4 heterocycles. The van der Waals surface area contributed by atoms with E-state index in [2.05, 4.69) is 30.5 Å². The van der Waals surface area contributed by atoms with E-state index in [-0.39, 0.29) is 25.4 Å². The Morgan fingerprint density at radius 3 is 2.44 bits per heavy atom. The number of carboxylic acids is 1. The first-order valence-electron chi connectivity index (χ1n) is 14.0. The van der Waals surface area contributed by atoms with E-state index in [0.29, 0.717) is 35.2 Å². The van der Waals surface area contributed by atoms with Crippen LogP contribution in [0.4, 0.5) is 5.69 Å². The number of carboxylic acid groups (broad SMARTS) is 1. The molecule has 0 unspecified atom stereocenters. The molecule has 43 heavy (non-hydrogen) atoms. The number of amides is 1. The van der Waals surface area contributed by atoms with Crippen LogP contribution in [0.1, 0.15) is 75.3 Å². The molecular weight excluding hydrogens is 574 g/mol. The van der Waals surface area contributed by atoms with Crippen LogP contribution < -0.4 is 11.1 Å². The number of carbonyl (C=O) groups excluding carboxylic acids is 2. The number of hydrogen-bond donors (Lipinski definition) is 5. The number of nitrogens with zero attached hydrogens (tertiary/aromatic N) is 6. The van der Waals surface area contributed by atoms with Gasteiger partial charge in [-0.05, 0) is 32.4 Å². The van der Waals surface area contributed by atoms with Gasteiger partial charge in [-0.1, -0.05) is 26.2 Å². The quantitative estimate of drug-likeness (QED) is 0.179. The van der Waals surface area contributed by atoms with Gasteiger partial charge >= 0.3 is 5.97 Å². The number of anilines is 1. The third kappa shape index (κ3) is 11.8. The average Bonchev–Trinajstić information content (AvgIpc) is 3.80. The number of hydrogen-bond acceptors (Lipinski definition) is 11. The molecule has 1 saturated carbocycles. The van der Waals surface area contributed by atoms with Crippen molar-refractivity contribution < 1.29 is 24.6 Å². The summed E-state index contributed by atoms with van der Waals surface area (Å²) in [4.78, 5) is 45.0. The largest absolute Gasteiger partial charge is 0.481 e. The molecule has 0 radical (unpaired) electrons. The van der Waals surface area contributed by atoms with Crippen molar-refractivity contribution in [3.8, 4) is 22.1 Å². The Balaban J connectivity index is 0.000000423. The molecule has 232 valence electrons. The number of aromatic nitrogens is 7. The lowest BCUT2D eigenvalue weighted by Crippen LogP contribution is -2.14. The van der Waals surface area contributed by atoms with Crippen LogP contribution in [0.2, 0.25) is 0 Å². The van der Waals surface area contributed by atoms with Gasteiger partial charge in [0, 0.05) is 48.8 Å². The lowest BCUT2D eigenvalue weighted by atomic mass is 9.96. The highest BCUT2D eigenvalue weighted by Crippen LogP contribution is 2.32. The van der Waals surface area contributed by atoms with Crippen LogP contribution in [0, 0.1) is 0 Å². The molecule has 14 nitrogen and oxygen atoms in total. The summed E-state index contributed by atoms with van der Waals surface area (Å²) in [7, 11) is 0. The predicted octanol–water partition coefficient (Wildman–Crippen LogP) is 3.96. The fourth-order valence-corrected chi connectivity index (χ4v) is 4.63. The van der Waals surface area contributed by atoms with E-state index in [9.17, 15) is 14.4 Å². The van der Waals surface area contributed by atoms with Gasteiger partial charge in [-0.2, -0.15) is 10.2 Å². The van der Waals surface area contributed by atoms with E-state index in [1.807, 2.05) is 17.8 Å². The molecule has 0 spiro atoms. The molecule has 4 aromatic rings. The lowest BCUT2D eigenvalue weighted by Gasteiger charge is -2.21. The topological polar surface area (TPSA) is 215 Å². The van der Waals surface area contributed by atoms with Gasteiger partial charge in [0.2, 0.25) is 0 Å². The number of H-pyrrole nitrogens is 1. The highest BCUT2D eigenvalue weighted by Gasteiger charge is 2.22. The minimum atomic E-state index is -0.924. The minimum absolute atomic E-state index is 0.0521. The van der Waals surface area contributed by atoms with Crippen molar-refractivity contribution in [1.82, 2.24) is 34.9 Å². The first kappa shape index (κ1) is 34.9. The molecule has 0 saturated heterocycles. The molecule has 0 aliphatic heterocycles. The van der Waals surface area contributed by atoms with Crippen molar-refractivity contribution in [2.75, 3.05) is 18.5 Å². The van der Waals surface area contributed by atoms with Crippen molar-refractivity contribution in [3.63, 3.8) is 0 Å². The number of nitrogens with one attached hydrogen (secondary N) is 2. The molecular formula is C28H39N9O5S. The standard InChI is InChI=1S/C20H20N8OS.C4H6O3.C2H7N.C2H6O/c29-19(16-12-30-20(26-16)13-9-23-24-10-13)25-15-11-28(14-5-2-1-3-6-14)27-17(15)18-21-7-4-8-22-18;5-3-1-2-4(6)7;2*1-2-3/h4,7-12,14H,1-3,5-6H2,(H,23,24)(H,25,29);3H,1-2H2,(H,6,7);2-3H2,1H3;3H,2H2,1H3. The number of thiazole rings is 1. The zero-order valence-corrected chi connectivity index (χ0v) is 25.2. The van der Waals surface area contributed by atoms with E-state index in [1.54, 1.807) is 43.2 Å². The summed E-state index contributed by atoms with van der Waals surface area (Å²) in [6, 6.07) is 2.09. The van der Waals surface area contributed by atoms with Crippen LogP contribution in [0.25, 0.3) is 22.1 Å². The third-order valence-electron chi connectivity index (χ3n) is 5.66. The van der Waals surface area contributed by atoms with E-state index >= 15 is 0 Å². The predicted molar refractivity (Wildman–Crippen MR) is 163 cm³/mol. The van der Waals surface area contributed by atoms with Crippen LogP contribution in [-0.4, -0.2) is 76.5 Å². The summed E-state index contributed by atoms with van der Waals surface area (Å²) in [6.45, 7) is 4.58. The van der Waals surface area contributed by atoms with Crippen LogP contribution in [0.15, 0.2) is 42.4 Å². The Morgan fingerprint density at radius 1 is 1.21 bits per heavy atom. The van der Waals surface area contributed by atoms with Gasteiger partial charge in [0.15, 0.2) is 11.5 Å². The molecule has 0 bridgehead atoms.